The number of carbonyl (C=O) groups is 1. The summed E-state index contributed by atoms with van der Waals surface area (Å²) in [5.74, 6) is -0.393. The Balaban J connectivity index is 2.71. The van der Waals surface area contributed by atoms with Crippen LogP contribution in [0.1, 0.15) is 10.4 Å². The third-order valence-corrected chi connectivity index (χ3v) is 3.14. The fraction of sp³-hybridized carbons (Fsp3) is 0.0833. The summed E-state index contributed by atoms with van der Waals surface area (Å²) in [4.78, 5) is 19.2. The lowest BCUT2D eigenvalue weighted by Gasteiger charge is -2.10. The zero-order valence-corrected chi connectivity index (χ0v) is 11.9. The van der Waals surface area contributed by atoms with Crippen molar-refractivity contribution < 1.29 is 9.53 Å². The van der Waals surface area contributed by atoms with E-state index < -0.39 is 5.91 Å². The van der Waals surface area contributed by atoms with Gasteiger partial charge in [-0.15, -0.1) is 0 Å². The van der Waals surface area contributed by atoms with Crippen LogP contribution in [0.25, 0.3) is 11.3 Å². The molecule has 0 spiro atoms. The Kier molecular flexibility index (Phi) is 3.96. The summed E-state index contributed by atoms with van der Waals surface area (Å²) in [5.41, 5.74) is 11.6. The first-order valence-corrected chi connectivity index (χ1v) is 6.16. The number of ether oxygens (including phenoxy) is 1. The van der Waals surface area contributed by atoms with Gasteiger partial charge in [0.05, 0.1) is 17.8 Å². The number of aromatic nitrogens is 2. The first-order chi connectivity index (χ1) is 9.43. The predicted octanol–water partition coefficient (Wildman–Crippen LogP) is 2.14. The minimum atomic E-state index is -0.751. The van der Waals surface area contributed by atoms with Gasteiger partial charge in [0.2, 0.25) is 5.95 Å². The maximum absolute atomic E-state index is 11.5. The van der Waals surface area contributed by atoms with Gasteiger partial charge in [0.25, 0.3) is 5.91 Å². The van der Waals surface area contributed by atoms with Crippen molar-refractivity contribution in [2.75, 3.05) is 12.8 Å². The molecule has 1 heterocycles. The van der Waals surface area contributed by atoms with E-state index in [0.29, 0.717) is 16.3 Å². The molecule has 8 heteroatoms. The van der Waals surface area contributed by atoms with Crippen molar-refractivity contribution in [3.63, 3.8) is 0 Å². The van der Waals surface area contributed by atoms with Crippen LogP contribution in [0.5, 0.6) is 5.75 Å². The van der Waals surface area contributed by atoms with E-state index in [9.17, 15) is 4.79 Å². The Bertz CT molecular complexity index is 691. The summed E-state index contributed by atoms with van der Waals surface area (Å²) in [6, 6.07) is 4.86. The SMILES string of the molecule is COc1cc(-c2nc(N)nc(Cl)c2C(N)=O)ccc1Cl. The Morgan fingerprint density at radius 1 is 1.30 bits per heavy atom. The Morgan fingerprint density at radius 3 is 2.60 bits per heavy atom. The van der Waals surface area contributed by atoms with E-state index in [4.69, 9.17) is 39.4 Å². The lowest BCUT2D eigenvalue weighted by molar-refractivity contribution is 0.100. The fourth-order valence-corrected chi connectivity index (χ4v) is 2.15. The molecule has 0 bridgehead atoms. The molecule has 0 aliphatic carbocycles. The van der Waals surface area contributed by atoms with Crippen molar-refractivity contribution >= 4 is 35.1 Å². The molecule has 0 radical (unpaired) electrons. The molecule has 2 aromatic rings. The quantitative estimate of drug-likeness (QED) is 0.845. The van der Waals surface area contributed by atoms with Crippen LogP contribution < -0.4 is 16.2 Å². The molecule has 0 saturated heterocycles. The van der Waals surface area contributed by atoms with Gasteiger partial charge >= 0.3 is 0 Å². The van der Waals surface area contributed by atoms with Crippen LogP contribution in [0.2, 0.25) is 10.2 Å². The van der Waals surface area contributed by atoms with Gasteiger partial charge in [-0.2, -0.15) is 0 Å². The number of halogens is 2. The molecule has 104 valence electrons. The monoisotopic (exact) mass is 312 g/mol. The fourth-order valence-electron chi connectivity index (χ4n) is 1.68. The molecular weight excluding hydrogens is 303 g/mol. The molecule has 2 rings (SSSR count). The number of nitrogens with zero attached hydrogens (tertiary/aromatic N) is 2. The van der Waals surface area contributed by atoms with Gasteiger partial charge in [-0.1, -0.05) is 29.3 Å². The Morgan fingerprint density at radius 2 is 2.00 bits per heavy atom. The lowest BCUT2D eigenvalue weighted by Crippen LogP contribution is -2.16. The molecule has 1 aromatic heterocycles. The van der Waals surface area contributed by atoms with Gasteiger partial charge in [0.15, 0.2) is 0 Å². The number of nitrogens with two attached hydrogens (primary N) is 2. The van der Waals surface area contributed by atoms with E-state index in [-0.39, 0.29) is 22.4 Å². The Labute approximate surface area is 124 Å². The van der Waals surface area contributed by atoms with Crippen LogP contribution in [0, 0.1) is 0 Å². The number of rotatable bonds is 3. The van der Waals surface area contributed by atoms with E-state index in [0.717, 1.165) is 0 Å². The normalized spacial score (nSPS) is 10.3. The second kappa shape index (κ2) is 5.52. The number of carbonyl (C=O) groups excluding carboxylic acids is 1. The third-order valence-electron chi connectivity index (χ3n) is 2.55. The van der Waals surface area contributed by atoms with Crippen molar-refractivity contribution in [2.24, 2.45) is 5.73 Å². The second-order valence-corrected chi connectivity index (χ2v) is 4.58. The highest BCUT2D eigenvalue weighted by Crippen LogP contribution is 2.32. The zero-order valence-electron chi connectivity index (χ0n) is 10.4. The van der Waals surface area contributed by atoms with Gasteiger partial charge in [0, 0.05) is 5.56 Å². The van der Waals surface area contributed by atoms with Crippen molar-refractivity contribution in [1.82, 2.24) is 9.97 Å². The number of primary amides is 1. The van der Waals surface area contributed by atoms with Crippen LogP contribution in [-0.2, 0) is 0 Å². The third kappa shape index (κ3) is 2.61. The molecule has 4 N–H and O–H groups in total. The van der Waals surface area contributed by atoms with Gasteiger partial charge in [-0.3, -0.25) is 4.79 Å². The van der Waals surface area contributed by atoms with Crippen LogP contribution in [0.3, 0.4) is 0 Å². The number of amides is 1. The number of methoxy groups -OCH3 is 1. The van der Waals surface area contributed by atoms with E-state index in [1.54, 1.807) is 18.2 Å². The van der Waals surface area contributed by atoms with Gasteiger partial charge in [-0.25, -0.2) is 9.97 Å². The molecule has 1 aromatic carbocycles. The molecule has 0 fully saturated rings. The van der Waals surface area contributed by atoms with E-state index in [2.05, 4.69) is 9.97 Å². The lowest BCUT2D eigenvalue weighted by atomic mass is 10.1. The van der Waals surface area contributed by atoms with Crippen LogP contribution >= 0.6 is 23.2 Å². The smallest absolute Gasteiger partial charge is 0.254 e. The van der Waals surface area contributed by atoms with E-state index in [1.807, 2.05) is 0 Å². The summed E-state index contributed by atoms with van der Waals surface area (Å²) >= 11 is 11.8. The second-order valence-electron chi connectivity index (χ2n) is 3.81. The van der Waals surface area contributed by atoms with E-state index in [1.165, 1.54) is 7.11 Å². The zero-order chi connectivity index (χ0) is 14.9. The molecule has 6 nitrogen and oxygen atoms in total. The maximum Gasteiger partial charge on any atom is 0.254 e. The summed E-state index contributed by atoms with van der Waals surface area (Å²) in [6.45, 7) is 0. The van der Waals surface area contributed by atoms with E-state index >= 15 is 0 Å². The van der Waals surface area contributed by atoms with Crippen molar-refractivity contribution in [3.8, 4) is 17.0 Å². The number of nitrogen functional groups attached to an aromatic ring is 1. The number of hydrogen-bond acceptors (Lipinski definition) is 5. The van der Waals surface area contributed by atoms with Gasteiger partial charge in [-0.05, 0) is 12.1 Å². The minimum absolute atomic E-state index is 0.00904. The summed E-state index contributed by atoms with van der Waals surface area (Å²) in [6.07, 6.45) is 0. The average molecular weight is 313 g/mol. The maximum atomic E-state index is 11.5. The molecule has 1 amide bonds. The molecule has 0 atom stereocenters. The van der Waals surface area contributed by atoms with Gasteiger partial charge in [0.1, 0.15) is 16.5 Å². The molecule has 0 saturated carbocycles. The molecule has 0 aliphatic rings. The highest BCUT2D eigenvalue weighted by molar-refractivity contribution is 6.33. The molecular formula is C12H10Cl2N4O2. The van der Waals surface area contributed by atoms with Crippen molar-refractivity contribution in [1.29, 1.82) is 0 Å². The van der Waals surface area contributed by atoms with Crippen molar-refractivity contribution in [2.45, 2.75) is 0 Å². The molecule has 0 unspecified atom stereocenters. The highest BCUT2D eigenvalue weighted by atomic mass is 35.5. The predicted molar refractivity (Wildman–Crippen MR) is 77.0 cm³/mol. The van der Waals surface area contributed by atoms with Crippen molar-refractivity contribution in [3.05, 3.63) is 33.9 Å². The Hall–Kier alpha value is -2.05. The topological polar surface area (TPSA) is 104 Å². The van der Waals surface area contributed by atoms with Crippen LogP contribution in [0.4, 0.5) is 5.95 Å². The summed E-state index contributed by atoms with van der Waals surface area (Å²) in [7, 11) is 1.47. The summed E-state index contributed by atoms with van der Waals surface area (Å²) < 4.78 is 5.11. The average Bonchev–Trinajstić information content (AvgIpc) is 2.37. The number of hydrogen-bond donors (Lipinski definition) is 2. The van der Waals surface area contributed by atoms with Crippen LogP contribution in [-0.4, -0.2) is 23.0 Å². The number of anilines is 1. The summed E-state index contributed by atoms with van der Waals surface area (Å²) in [5, 5.41) is 0.318. The first-order valence-electron chi connectivity index (χ1n) is 5.40. The highest BCUT2D eigenvalue weighted by Gasteiger charge is 2.19. The molecule has 0 aliphatic heterocycles. The number of benzene rings is 1. The largest absolute Gasteiger partial charge is 0.495 e. The minimum Gasteiger partial charge on any atom is -0.495 e. The standard InChI is InChI=1S/C12H10Cl2N4O2/c1-20-7-4-5(2-3-6(7)13)9-8(11(15)19)10(14)18-12(16)17-9/h2-4H,1H3,(H2,15,19)(H2,16,17,18). The molecule has 20 heavy (non-hydrogen) atoms. The van der Waals surface area contributed by atoms with Gasteiger partial charge < -0.3 is 16.2 Å². The first kappa shape index (κ1) is 14.4. The van der Waals surface area contributed by atoms with Crippen LogP contribution in [0.15, 0.2) is 18.2 Å².